The second-order valence-corrected chi connectivity index (χ2v) is 7.22. The number of nitrogens with one attached hydrogen (secondary N) is 2. The molecular formula is C20H18FN7O. The number of hydrogen-bond acceptors (Lipinski definition) is 6. The summed E-state index contributed by atoms with van der Waals surface area (Å²) in [4.78, 5) is 25.3. The van der Waals surface area contributed by atoms with Crippen molar-refractivity contribution in [1.82, 2.24) is 24.6 Å². The first-order chi connectivity index (χ1) is 14.0. The highest BCUT2D eigenvalue weighted by molar-refractivity contribution is 6.03. The average molecular weight is 391 g/mol. The third-order valence-electron chi connectivity index (χ3n) is 4.97. The molecule has 0 bridgehead atoms. The summed E-state index contributed by atoms with van der Waals surface area (Å²) < 4.78 is 15.7. The lowest BCUT2D eigenvalue weighted by Crippen LogP contribution is -2.14. The Kier molecular flexibility index (Phi) is 3.90. The van der Waals surface area contributed by atoms with Gasteiger partial charge in [0.2, 0.25) is 5.91 Å². The van der Waals surface area contributed by atoms with Crippen LogP contribution in [0.2, 0.25) is 0 Å². The van der Waals surface area contributed by atoms with Gasteiger partial charge in [-0.3, -0.25) is 4.79 Å². The van der Waals surface area contributed by atoms with E-state index in [1.165, 1.54) is 10.6 Å². The lowest BCUT2D eigenvalue weighted by atomic mass is 10.1. The van der Waals surface area contributed by atoms with Gasteiger partial charge in [0.05, 0.1) is 0 Å². The molecule has 0 aromatic carbocycles. The van der Waals surface area contributed by atoms with Crippen LogP contribution in [0.4, 0.5) is 16.0 Å². The number of rotatable bonds is 4. The van der Waals surface area contributed by atoms with E-state index in [-0.39, 0.29) is 17.5 Å². The predicted molar refractivity (Wildman–Crippen MR) is 107 cm³/mol. The molecule has 1 saturated carbocycles. The molecule has 0 aliphatic heterocycles. The van der Waals surface area contributed by atoms with Crippen LogP contribution in [0, 0.1) is 18.7 Å². The number of aryl methyl sites for hydroxylation is 1. The molecule has 29 heavy (non-hydrogen) atoms. The van der Waals surface area contributed by atoms with Gasteiger partial charge in [0, 0.05) is 47.9 Å². The van der Waals surface area contributed by atoms with Crippen molar-refractivity contribution < 1.29 is 9.18 Å². The zero-order chi connectivity index (χ0) is 20.1. The maximum atomic E-state index is 14.3. The van der Waals surface area contributed by atoms with Gasteiger partial charge in [-0.2, -0.15) is 0 Å². The minimum Gasteiger partial charge on any atom is -0.373 e. The van der Waals surface area contributed by atoms with Gasteiger partial charge in [-0.05, 0) is 37.5 Å². The molecule has 5 rings (SSSR count). The molecule has 4 aromatic rings. The van der Waals surface area contributed by atoms with Crippen molar-refractivity contribution in [1.29, 1.82) is 0 Å². The SMILES string of the molecule is CNc1ncc(-c2nc3c(F)cc(C)cn3n2)c2cc(NC(=O)C3CC3)ncc12. The Labute approximate surface area is 165 Å². The zero-order valence-corrected chi connectivity index (χ0v) is 15.9. The fourth-order valence-electron chi connectivity index (χ4n) is 3.34. The highest BCUT2D eigenvalue weighted by Crippen LogP contribution is 2.33. The summed E-state index contributed by atoms with van der Waals surface area (Å²) in [5.41, 5.74) is 1.52. The van der Waals surface area contributed by atoms with Crippen LogP contribution in [-0.4, -0.2) is 37.5 Å². The standard InChI is InChI=1S/C20H18FN7O/c1-10-5-15(21)19-26-18(27-28(19)9-10)14-8-24-17(22-2)13-7-23-16(6-12(13)14)25-20(29)11-3-4-11/h5-9,11H,3-4H2,1-2H3,(H,22,24)(H,23,25,29). The van der Waals surface area contributed by atoms with Gasteiger partial charge in [0.25, 0.3) is 0 Å². The Morgan fingerprint density at radius 2 is 2.03 bits per heavy atom. The van der Waals surface area contributed by atoms with Crippen LogP contribution in [0.1, 0.15) is 18.4 Å². The summed E-state index contributed by atoms with van der Waals surface area (Å²) in [7, 11) is 1.77. The lowest BCUT2D eigenvalue weighted by Gasteiger charge is -2.10. The molecule has 1 aliphatic carbocycles. The van der Waals surface area contributed by atoms with E-state index >= 15 is 0 Å². The van der Waals surface area contributed by atoms with Crippen LogP contribution < -0.4 is 10.6 Å². The van der Waals surface area contributed by atoms with Crippen LogP contribution in [0.5, 0.6) is 0 Å². The summed E-state index contributed by atoms with van der Waals surface area (Å²) in [5.74, 6) is 1.05. The number of anilines is 2. The molecule has 8 nitrogen and oxygen atoms in total. The number of pyridine rings is 3. The van der Waals surface area contributed by atoms with Crippen LogP contribution in [0.15, 0.2) is 30.7 Å². The number of amides is 1. The minimum absolute atomic E-state index is 0.0234. The van der Waals surface area contributed by atoms with Crippen molar-refractivity contribution in [3.63, 3.8) is 0 Å². The molecule has 4 aromatic heterocycles. The van der Waals surface area contributed by atoms with Crippen molar-refractivity contribution in [3.05, 3.63) is 42.1 Å². The molecule has 0 radical (unpaired) electrons. The van der Waals surface area contributed by atoms with E-state index in [9.17, 15) is 9.18 Å². The fourth-order valence-corrected chi connectivity index (χ4v) is 3.34. The average Bonchev–Trinajstić information content (AvgIpc) is 3.47. The molecule has 9 heteroatoms. The van der Waals surface area contributed by atoms with Crippen LogP contribution in [0.3, 0.4) is 0 Å². The van der Waals surface area contributed by atoms with Crippen molar-refractivity contribution in [2.75, 3.05) is 17.7 Å². The van der Waals surface area contributed by atoms with Crippen LogP contribution in [0.25, 0.3) is 27.8 Å². The molecule has 0 spiro atoms. The molecule has 146 valence electrons. The maximum Gasteiger partial charge on any atom is 0.228 e. The van der Waals surface area contributed by atoms with E-state index in [1.54, 1.807) is 38.6 Å². The molecule has 0 saturated heterocycles. The Morgan fingerprint density at radius 1 is 1.21 bits per heavy atom. The van der Waals surface area contributed by atoms with Crippen LogP contribution >= 0.6 is 0 Å². The van der Waals surface area contributed by atoms with Crippen LogP contribution in [-0.2, 0) is 4.79 Å². The summed E-state index contributed by atoms with van der Waals surface area (Å²) in [6, 6.07) is 3.20. The van der Waals surface area contributed by atoms with Gasteiger partial charge in [-0.25, -0.2) is 23.9 Å². The lowest BCUT2D eigenvalue weighted by molar-refractivity contribution is -0.117. The summed E-state index contributed by atoms with van der Waals surface area (Å²) in [6.07, 6.45) is 6.83. The molecular weight excluding hydrogens is 373 g/mol. The quantitative estimate of drug-likeness (QED) is 0.555. The second-order valence-electron chi connectivity index (χ2n) is 7.22. The Hall–Kier alpha value is -3.62. The molecule has 0 atom stereocenters. The van der Waals surface area contributed by atoms with E-state index < -0.39 is 5.82 Å². The van der Waals surface area contributed by atoms with Crippen molar-refractivity contribution in [2.45, 2.75) is 19.8 Å². The van der Waals surface area contributed by atoms with Crippen molar-refractivity contribution >= 4 is 34.0 Å². The molecule has 1 amide bonds. The summed E-state index contributed by atoms with van der Waals surface area (Å²) >= 11 is 0. The van der Waals surface area contributed by atoms with E-state index in [0.717, 1.165) is 29.2 Å². The van der Waals surface area contributed by atoms with E-state index in [4.69, 9.17) is 0 Å². The topological polar surface area (TPSA) is 97.1 Å². The first-order valence-corrected chi connectivity index (χ1v) is 9.34. The largest absolute Gasteiger partial charge is 0.373 e. The maximum absolute atomic E-state index is 14.3. The predicted octanol–water partition coefficient (Wildman–Crippen LogP) is 3.18. The van der Waals surface area contributed by atoms with Gasteiger partial charge >= 0.3 is 0 Å². The number of carbonyl (C=O) groups is 1. The molecule has 0 unspecified atom stereocenters. The van der Waals surface area contributed by atoms with Gasteiger partial charge in [-0.1, -0.05) is 0 Å². The highest BCUT2D eigenvalue weighted by Gasteiger charge is 2.30. The van der Waals surface area contributed by atoms with Gasteiger partial charge < -0.3 is 10.6 Å². The van der Waals surface area contributed by atoms with Crippen molar-refractivity contribution in [2.24, 2.45) is 5.92 Å². The van der Waals surface area contributed by atoms with Gasteiger partial charge in [0.1, 0.15) is 11.6 Å². The molecule has 1 aliphatic rings. The number of hydrogen-bond donors (Lipinski definition) is 2. The third kappa shape index (κ3) is 3.04. The minimum atomic E-state index is -0.438. The molecule has 4 heterocycles. The second kappa shape index (κ2) is 6.47. The normalized spacial score (nSPS) is 13.8. The first-order valence-electron chi connectivity index (χ1n) is 9.34. The summed E-state index contributed by atoms with van der Waals surface area (Å²) in [5, 5.41) is 11.8. The Balaban J connectivity index is 1.67. The number of carbonyl (C=O) groups excluding carboxylic acids is 1. The fraction of sp³-hybridized carbons (Fsp3) is 0.250. The number of fused-ring (bicyclic) bond motifs is 2. The van der Waals surface area contributed by atoms with Gasteiger partial charge in [0.15, 0.2) is 17.3 Å². The zero-order valence-electron chi connectivity index (χ0n) is 15.9. The first kappa shape index (κ1) is 17.5. The van der Waals surface area contributed by atoms with E-state index in [1.807, 2.05) is 0 Å². The molecule has 2 N–H and O–H groups in total. The van der Waals surface area contributed by atoms with Crippen molar-refractivity contribution in [3.8, 4) is 11.4 Å². The molecule has 1 fully saturated rings. The highest BCUT2D eigenvalue weighted by atomic mass is 19.1. The van der Waals surface area contributed by atoms with Gasteiger partial charge in [-0.15, -0.1) is 5.10 Å². The summed E-state index contributed by atoms with van der Waals surface area (Å²) in [6.45, 7) is 1.79. The monoisotopic (exact) mass is 391 g/mol. The number of halogens is 1. The van der Waals surface area contributed by atoms with E-state index in [2.05, 4.69) is 30.7 Å². The smallest absolute Gasteiger partial charge is 0.228 e. The Morgan fingerprint density at radius 3 is 2.79 bits per heavy atom. The Bertz CT molecular complexity index is 1280. The third-order valence-corrected chi connectivity index (χ3v) is 4.97. The van der Waals surface area contributed by atoms with E-state index in [0.29, 0.717) is 23.0 Å². The number of nitrogens with zero attached hydrogens (tertiary/aromatic N) is 5. The number of aromatic nitrogens is 5.